The zero-order valence-corrected chi connectivity index (χ0v) is 10.0. The lowest BCUT2D eigenvalue weighted by atomic mass is 10.1. The minimum Gasteiger partial charge on any atom is -0.381 e. The van der Waals surface area contributed by atoms with Crippen LogP contribution in [-0.4, -0.2) is 30.1 Å². The molecule has 2 rings (SSSR count). The first-order valence-electron chi connectivity index (χ1n) is 5.88. The molecule has 104 valence electrons. The van der Waals surface area contributed by atoms with Gasteiger partial charge < -0.3 is 10.1 Å². The molecule has 0 aliphatic carbocycles. The summed E-state index contributed by atoms with van der Waals surface area (Å²) in [6.45, 7) is 1.01. The van der Waals surface area contributed by atoms with Crippen LogP contribution < -0.4 is 5.32 Å². The number of carbonyl (C=O) groups excluding carboxylic acids is 1. The number of hydrogen-bond donors (Lipinski definition) is 1. The molecular weight excluding hydrogens is 261 g/mol. The molecule has 19 heavy (non-hydrogen) atoms. The van der Waals surface area contributed by atoms with Gasteiger partial charge in [-0.15, -0.1) is 0 Å². The molecule has 0 bridgehead atoms. The predicted octanol–water partition coefficient (Wildman–Crippen LogP) is 2.01. The van der Waals surface area contributed by atoms with Crippen molar-refractivity contribution in [1.29, 1.82) is 0 Å². The van der Waals surface area contributed by atoms with Gasteiger partial charge in [-0.3, -0.25) is 9.78 Å². The van der Waals surface area contributed by atoms with Gasteiger partial charge in [0.05, 0.1) is 11.1 Å². The highest BCUT2D eigenvalue weighted by molar-refractivity contribution is 5.95. The van der Waals surface area contributed by atoms with E-state index < -0.39 is 23.2 Å². The summed E-state index contributed by atoms with van der Waals surface area (Å²) in [5.41, 5.74) is -1.41. The van der Waals surface area contributed by atoms with Crippen LogP contribution in [0.15, 0.2) is 18.5 Å². The molecule has 1 saturated heterocycles. The Labute approximate surface area is 108 Å². The van der Waals surface area contributed by atoms with E-state index in [0.717, 1.165) is 18.5 Å². The summed E-state index contributed by atoms with van der Waals surface area (Å²) < 4.78 is 43.4. The maximum Gasteiger partial charge on any atom is 0.417 e. The first kappa shape index (κ1) is 13.8. The zero-order valence-electron chi connectivity index (χ0n) is 10.0. The lowest BCUT2D eigenvalue weighted by Gasteiger charge is -2.23. The Morgan fingerprint density at radius 3 is 2.68 bits per heavy atom. The summed E-state index contributed by atoms with van der Waals surface area (Å²) in [5.74, 6) is -0.743. The molecule has 1 aliphatic heterocycles. The fraction of sp³-hybridized carbons (Fsp3) is 0.500. The molecule has 7 heteroatoms. The van der Waals surface area contributed by atoms with E-state index in [0.29, 0.717) is 26.1 Å². The van der Waals surface area contributed by atoms with E-state index in [1.54, 1.807) is 0 Å². The third-order valence-corrected chi connectivity index (χ3v) is 2.93. The van der Waals surface area contributed by atoms with E-state index in [9.17, 15) is 18.0 Å². The molecule has 1 aliphatic rings. The van der Waals surface area contributed by atoms with Crippen molar-refractivity contribution in [3.05, 3.63) is 29.6 Å². The van der Waals surface area contributed by atoms with Gasteiger partial charge in [-0.2, -0.15) is 13.2 Å². The van der Waals surface area contributed by atoms with Crippen molar-refractivity contribution < 1.29 is 22.7 Å². The molecule has 0 unspecified atom stereocenters. The summed E-state index contributed by atoms with van der Waals surface area (Å²) in [6.07, 6.45) is -1.39. The van der Waals surface area contributed by atoms with E-state index in [1.807, 2.05) is 0 Å². The zero-order chi connectivity index (χ0) is 13.9. The molecule has 4 nitrogen and oxygen atoms in total. The Bertz CT molecular complexity index is 457. The highest BCUT2D eigenvalue weighted by Gasteiger charge is 2.35. The number of rotatable bonds is 2. The van der Waals surface area contributed by atoms with Crippen molar-refractivity contribution in [2.75, 3.05) is 13.2 Å². The second-order valence-electron chi connectivity index (χ2n) is 4.28. The molecule has 1 fully saturated rings. The molecule has 2 heterocycles. The van der Waals surface area contributed by atoms with Gasteiger partial charge in [-0.05, 0) is 18.9 Å². The maximum absolute atomic E-state index is 12.8. The molecule has 1 N–H and O–H groups in total. The SMILES string of the molecule is O=C(NC1CCOCC1)c1cnccc1C(F)(F)F. The molecular formula is C12H13F3N2O2. The van der Waals surface area contributed by atoms with Crippen molar-refractivity contribution in [3.8, 4) is 0 Å². The Morgan fingerprint density at radius 2 is 2.05 bits per heavy atom. The number of pyridine rings is 1. The number of alkyl halides is 3. The van der Waals surface area contributed by atoms with Gasteiger partial charge in [0.15, 0.2) is 0 Å². The summed E-state index contributed by atoms with van der Waals surface area (Å²) in [5, 5.41) is 2.59. The minimum atomic E-state index is -4.56. The first-order valence-corrected chi connectivity index (χ1v) is 5.88. The average molecular weight is 274 g/mol. The number of nitrogens with one attached hydrogen (secondary N) is 1. The Morgan fingerprint density at radius 1 is 1.37 bits per heavy atom. The third-order valence-electron chi connectivity index (χ3n) is 2.93. The van der Waals surface area contributed by atoms with E-state index in [2.05, 4.69) is 10.3 Å². The van der Waals surface area contributed by atoms with Gasteiger partial charge in [0, 0.05) is 31.6 Å². The Hall–Kier alpha value is -1.63. The Balaban J connectivity index is 2.14. The topological polar surface area (TPSA) is 51.2 Å². The van der Waals surface area contributed by atoms with Crippen LogP contribution in [0.5, 0.6) is 0 Å². The monoisotopic (exact) mass is 274 g/mol. The first-order chi connectivity index (χ1) is 8.98. The van der Waals surface area contributed by atoms with Gasteiger partial charge >= 0.3 is 6.18 Å². The summed E-state index contributed by atoms with van der Waals surface area (Å²) in [7, 11) is 0. The van der Waals surface area contributed by atoms with E-state index in [1.165, 1.54) is 0 Å². The molecule has 1 aromatic rings. The number of nitrogens with zero attached hydrogens (tertiary/aromatic N) is 1. The van der Waals surface area contributed by atoms with Crippen LogP contribution in [0.25, 0.3) is 0 Å². The number of hydrogen-bond acceptors (Lipinski definition) is 3. The van der Waals surface area contributed by atoms with Gasteiger partial charge in [0.25, 0.3) is 5.91 Å². The van der Waals surface area contributed by atoms with Crippen LogP contribution in [0.3, 0.4) is 0 Å². The van der Waals surface area contributed by atoms with Crippen LogP contribution in [0.2, 0.25) is 0 Å². The van der Waals surface area contributed by atoms with E-state index >= 15 is 0 Å². The van der Waals surface area contributed by atoms with Gasteiger partial charge in [0.2, 0.25) is 0 Å². The molecule has 0 spiro atoms. The highest BCUT2D eigenvalue weighted by Crippen LogP contribution is 2.31. The number of halogens is 3. The standard InChI is InChI=1S/C12H13F3N2O2/c13-12(14,15)10-1-4-16-7-9(10)11(18)17-8-2-5-19-6-3-8/h1,4,7-8H,2-3,5-6H2,(H,17,18). The lowest BCUT2D eigenvalue weighted by Crippen LogP contribution is -2.39. The van der Waals surface area contributed by atoms with Crippen molar-refractivity contribution >= 4 is 5.91 Å². The maximum atomic E-state index is 12.8. The van der Waals surface area contributed by atoms with Crippen molar-refractivity contribution in [2.24, 2.45) is 0 Å². The quantitative estimate of drug-likeness (QED) is 0.897. The molecule has 0 radical (unpaired) electrons. The van der Waals surface area contributed by atoms with E-state index in [4.69, 9.17) is 4.74 Å². The summed E-state index contributed by atoms with van der Waals surface area (Å²) in [4.78, 5) is 15.5. The largest absolute Gasteiger partial charge is 0.417 e. The van der Waals surface area contributed by atoms with Gasteiger partial charge in [0.1, 0.15) is 0 Å². The molecule has 0 atom stereocenters. The smallest absolute Gasteiger partial charge is 0.381 e. The average Bonchev–Trinajstić information content (AvgIpc) is 2.39. The van der Waals surface area contributed by atoms with Crippen LogP contribution in [-0.2, 0) is 10.9 Å². The lowest BCUT2D eigenvalue weighted by molar-refractivity contribution is -0.138. The van der Waals surface area contributed by atoms with Crippen molar-refractivity contribution in [2.45, 2.75) is 25.1 Å². The second kappa shape index (κ2) is 5.56. The van der Waals surface area contributed by atoms with E-state index in [-0.39, 0.29) is 6.04 Å². The normalized spacial score (nSPS) is 17.2. The summed E-state index contributed by atoms with van der Waals surface area (Å²) in [6, 6.07) is 0.654. The minimum absolute atomic E-state index is 0.150. The fourth-order valence-corrected chi connectivity index (χ4v) is 1.93. The predicted molar refractivity (Wildman–Crippen MR) is 60.5 cm³/mol. The molecule has 0 aromatic carbocycles. The number of amides is 1. The van der Waals surface area contributed by atoms with Crippen LogP contribution in [0.4, 0.5) is 13.2 Å². The third kappa shape index (κ3) is 3.44. The van der Waals surface area contributed by atoms with Crippen molar-refractivity contribution in [3.63, 3.8) is 0 Å². The summed E-state index contributed by atoms with van der Waals surface area (Å²) >= 11 is 0. The van der Waals surface area contributed by atoms with Gasteiger partial charge in [-0.25, -0.2) is 0 Å². The number of ether oxygens (including phenoxy) is 1. The van der Waals surface area contributed by atoms with Crippen molar-refractivity contribution in [1.82, 2.24) is 10.3 Å². The molecule has 1 amide bonds. The Kier molecular flexibility index (Phi) is 4.04. The molecule has 0 saturated carbocycles. The fourth-order valence-electron chi connectivity index (χ4n) is 1.93. The molecule has 1 aromatic heterocycles. The number of aromatic nitrogens is 1. The highest BCUT2D eigenvalue weighted by atomic mass is 19.4. The van der Waals surface area contributed by atoms with Crippen LogP contribution in [0, 0.1) is 0 Å². The van der Waals surface area contributed by atoms with Gasteiger partial charge in [-0.1, -0.05) is 0 Å². The number of carbonyl (C=O) groups is 1. The second-order valence-corrected chi connectivity index (χ2v) is 4.28. The van der Waals surface area contributed by atoms with Crippen LogP contribution in [0.1, 0.15) is 28.8 Å². The van der Waals surface area contributed by atoms with Crippen LogP contribution >= 0.6 is 0 Å².